The second-order valence-electron chi connectivity index (χ2n) is 4.35. The van der Waals surface area contributed by atoms with E-state index in [0.29, 0.717) is 5.02 Å². The molecule has 0 aromatic heterocycles. The predicted molar refractivity (Wildman–Crippen MR) is 62.1 cm³/mol. The highest BCUT2D eigenvalue weighted by molar-refractivity contribution is 6.30. The van der Waals surface area contributed by atoms with Gasteiger partial charge in [-0.05, 0) is 37.6 Å². The first-order valence-corrected chi connectivity index (χ1v) is 5.65. The molecule has 0 bridgehead atoms. The fourth-order valence-corrected chi connectivity index (χ4v) is 2.25. The van der Waals surface area contributed by atoms with E-state index in [4.69, 9.17) is 11.6 Å². The van der Waals surface area contributed by atoms with Crippen molar-refractivity contribution in [1.82, 2.24) is 4.90 Å². The van der Waals surface area contributed by atoms with E-state index in [2.05, 4.69) is 11.9 Å². The van der Waals surface area contributed by atoms with Gasteiger partial charge in [-0.25, -0.2) is 0 Å². The van der Waals surface area contributed by atoms with Crippen LogP contribution < -0.4 is 0 Å². The molecule has 1 aliphatic heterocycles. The number of aliphatic hydroxyl groups is 1. The molecule has 0 radical (unpaired) electrons. The summed E-state index contributed by atoms with van der Waals surface area (Å²) in [5.74, 6) is 0. The van der Waals surface area contributed by atoms with Crippen LogP contribution in [0.2, 0.25) is 5.02 Å². The van der Waals surface area contributed by atoms with Gasteiger partial charge in [0.15, 0.2) is 0 Å². The van der Waals surface area contributed by atoms with E-state index >= 15 is 0 Å². The third-order valence-electron chi connectivity index (χ3n) is 3.18. The number of hydrogen-bond acceptors (Lipinski definition) is 2. The first-order chi connectivity index (χ1) is 7.10. The van der Waals surface area contributed by atoms with Crippen LogP contribution in [0.4, 0.5) is 0 Å². The van der Waals surface area contributed by atoms with Crippen molar-refractivity contribution < 1.29 is 5.11 Å². The van der Waals surface area contributed by atoms with Crippen molar-refractivity contribution in [2.24, 2.45) is 0 Å². The van der Waals surface area contributed by atoms with Crippen LogP contribution in [-0.2, 0) is 5.60 Å². The summed E-state index contributed by atoms with van der Waals surface area (Å²) in [6.07, 6.45) is 1.56. The molecule has 0 saturated carbocycles. The molecule has 15 heavy (non-hydrogen) atoms. The minimum Gasteiger partial charge on any atom is -0.385 e. The minimum atomic E-state index is -0.683. The molecule has 82 valence electrons. The molecule has 0 aliphatic carbocycles. The minimum absolute atomic E-state index is 0.683. The number of likely N-dealkylation sites (tertiary alicyclic amines) is 1. The van der Waals surface area contributed by atoms with E-state index in [0.717, 1.165) is 31.5 Å². The highest BCUT2D eigenvalue weighted by Crippen LogP contribution is 2.33. The molecule has 1 fully saturated rings. The van der Waals surface area contributed by atoms with E-state index in [-0.39, 0.29) is 0 Å². The van der Waals surface area contributed by atoms with Crippen molar-refractivity contribution in [2.75, 3.05) is 20.1 Å². The first kappa shape index (κ1) is 10.9. The van der Waals surface area contributed by atoms with Gasteiger partial charge in [0.2, 0.25) is 0 Å². The van der Waals surface area contributed by atoms with Crippen molar-refractivity contribution in [3.8, 4) is 0 Å². The Morgan fingerprint density at radius 3 is 2.60 bits per heavy atom. The van der Waals surface area contributed by atoms with Crippen molar-refractivity contribution in [3.05, 3.63) is 34.9 Å². The number of benzene rings is 1. The maximum Gasteiger partial charge on any atom is 0.0921 e. The van der Waals surface area contributed by atoms with E-state index < -0.39 is 5.60 Å². The van der Waals surface area contributed by atoms with Gasteiger partial charge < -0.3 is 10.0 Å². The zero-order valence-corrected chi connectivity index (χ0v) is 9.67. The summed E-state index contributed by atoms with van der Waals surface area (Å²) >= 11 is 5.93. The summed E-state index contributed by atoms with van der Waals surface area (Å²) in [5, 5.41) is 11.2. The van der Waals surface area contributed by atoms with Crippen LogP contribution in [0.5, 0.6) is 0 Å². The Balaban J connectivity index is 2.22. The molecule has 1 aromatic rings. The zero-order valence-electron chi connectivity index (χ0n) is 8.91. The Kier molecular flexibility index (Phi) is 3.01. The highest BCUT2D eigenvalue weighted by atomic mass is 35.5. The van der Waals surface area contributed by atoms with Gasteiger partial charge >= 0.3 is 0 Å². The number of hydrogen-bond donors (Lipinski definition) is 1. The summed E-state index contributed by atoms with van der Waals surface area (Å²) in [6.45, 7) is 1.87. The molecule has 3 heteroatoms. The van der Waals surface area contributed by atoms with Crippen molar-refractivity contribution in [2.45, 2.75) is 18.4 Å². The van der Waals surface area contributed by atoms with Gasteiger partial charge in [-0.1, -0.05) is 23.7 Å². The van der Waals surface area contributed by atoms with E-state index in [1.165, 1.54) is 0 Å². The molecule has 1 aliphatic rings. The second-order valence-corrected chi connectivity index (χ2v) is 4.78. The van der Waals surface area contributed by atoms with E-state index in [1.807, 2.05) is 24.3 Å². The molecule has 2 nitrogen and oxygen atoms in total. The van der Waals surface area contributed by atoms with Crippen LogP contribution in [0.15, 0.2) is 24.3 Å². The van der Waals surface area contributed by atoms with Gasteiger partial charge in [0.05, 0.1) is 5.60 Å². The third-order valence-corrected chi connectivity index (χ3v) is 3.41. The van der Waals surface area contributed by atoms with Crippen LogP contribution in [-0.4, -0.2) is 30.1 Å². The second kappa shape index (κ2) is 4.12. The van der Waals surface area contributed by atoms with Crippen LogP contribution >= 0.6 is 11.6 Å². The van der Waals surface area contributed by atoms with Gasteiger partial charge in [-0.2, -0.15) is 0 Å². The summed E-state index contributed by atoms with van der Waals surface area (Å²) in [5.41, 5.74) is 0.264. The topological polar surface area (TPSA) is 23.5 Å². The fraction of sp³-hybridized carbons (Fsp3) is 0.500. The number of piperidine rings is 1. The lowest BCUT2D eigenvalue weighted by Gasteiger charge is -2.37. The van der Waals surface area contributed by atoms with Gasteiger partial charge in [0, 0.05) is 18.1 Å². The van der Waals surface area contributed by atoms with Crippen LogP contribution in [0, 0.1) is 0 Å². The fourth-order valence-electron chi connectivity index (χ4n) is 2.06. The SMILES string of the molecule is CN1CCC(O)(c2cccc(Cl)c2)CC1. The summed E-state index contributed by atoms with van der Waals surface area (Å²) in [6, 6.07) is 7.56. The third kappa shape index (κ3) is 2.33. The highest BCUT2D eigenvalue weighted by Gasteiger charge is 2.32. The molecule has 0 amide bonds. The number of nitrogens with zero attached hydrogens (tertiary/aromatic N) is 1. The standard InChI is InChI=1S/C12H16ClNO/c1-14-7-5-12(15,6-8-14)10-3-2-4-11(13)9-10/h2-4,9,15H,5-8H2,1H3. The van der Waals surface area contributed by atoms with Gasteiger partial charge in [-0.15, -0.1) is 0 Å². The monoisotopic (exact) mass is 225 g/mol. The van der Waals surface area contributed by atoms with Gasteiger partial charge in [0.1, 0.15) is 0 Å². The molecule has 2 rings (SSSR count). The average molecular weight is 226 g/mol. The van der Waals surface area contributed by atoms with Crippen molar-refractivity contribution in [1.29, 1.82) is 0 Å². The molecule has 0 unspecified atom stereocenters. The van der Waals surface area contributed by atoms with E-state index in [9.17, 15) is 5.11 Å². The van der Waals surface area contributed by atoms with Crippen LogP contribution in [0.25, 0.3) is 0 Å². The molecule has 1 N–H and O–H groups in total. The molecule has 1 aromatic carbocycles. The Morgan fingerprint density at radius 2 is 2.00 bits per heavy atom. The normalized spacial score (nSPS) is 21.5. The summed E-state index contributed by atoms with van der Waals surface area (Å²) in [4.78, 5) is 2.24. The maximum atomic E-state index is 10.5. The Hall–Kier alpha value is -0.570. The quantitative estimate of drug-likeness (QED) is 0.793. The lowest BCUT2D eigenvalue weighted by Crippen LogP contribution is -2.40. The molecular weight excluding hydrogens is 210 g/mol. The van der Waals surface area contributed by atoms with Gasteiger partial charge in [-0.3, -0.25) is 0 Å². The number of halogens is 1. The Labute approximate surface area is 95.5 Å². The van der Waals surface area contributed by atoms with E-state index in [1.54, 1.807) is 0 Å². The molecule has 1 heterocycles. The van der Waals surface area contributed by atoms with Crippen molar-refractivity contribution in [3.63, 3.8) is 0 Å². The molecular formula is C12H16ClNO. The average Bonchev–Trinajstić information content (AvgIpc) is 2.23. The predicted octanol–water partition coefficient (Wildman–Crippen LogP) is 2.25. The Bertz CT molecular complexity index is 345. The largest absolute Gasteiger partial charge is 0.385 e. The zero-order chi connectivity index (χ0) is 10.9. The van der Waals surface area contributed by atoms with Crippen LogP contribution in [0.3, 0.4) is 0 Å². The number of rotatable bonds is 1. The lowest BCUT2D eigenvalue weighted by molar-refractivity contribution is -0.0203. The van der Waals surface area contributed by atoms with Gasteiger partial charge in [0.25, 0.3) is 0 Å². The smallest absolute Gasteiger partial charge is 0.0921 e. The summed E-state index contributed by atoms with van der Waals surface area (Å²) in [7, 11) is 2.08. The summed E-state index contributed by atoms with van der Waals surface area (Å²) < 4.78 is 0. The van der Waals surface area contributed by atoms with Crippen molar-refractivity contribution >= 4 is 11.6 Å². The molecule has 1 saturated heterocycles. The molecule has 0 spiro atoms. The van der Waals surface area contributed by atoms with Crippen LogP contribution in [0.1, 0.15) is 18.4 Å². The molecule has 0 atom stereocenters. The lowest BCUT2D eigenvalue weighted by atomic mass is 9.85. The Morgan fingerprint density at radius 1 is 1.33 bits per heavy atom. The maximum absolute atomic E-state index is 10.5. The first-order valence-electron chi connectivity index (χ1n) is 5.27.